The Hall–Kier alpha value is -5.97. The number of aromatic nitrogens is 7. The average Bonchev–Trinajstić information content (AvgIpc) is 3.97. The number of imidazole rings is 1. The molecular formula is C42H48F6N12O5. The van der Waals surface area contributed by atoms with Crippen LogP contribution in [-0.2, 0) is 21.4 Å². The summed E-state index contributed by atoms with van der Waals surface area (Å²) in [5.41, 5.74) is 0.0788. The molecule has 0 radical (unpaired) electrons. The molecule has 348 valence electrons. The predicted molar refractivity (Wildman–Crippen MR) is 224 cm³/mol. The summed E-state index contributed by atoms with van der Waals surface area (Å²) in [5.74, 6) is -4.52. The van der Waals surface area contributed by atoms with Crippen LogP contribution < -0.4 is 26.1 Å². The fourth-order valence-electron chi connectivity index (χ4n) is 9.98. The number of hydrogen-bond acceptors (Lipinski definition) is 11. The average molecular weight is 915 g/mol. The Labute approximate surface area is 367 Å². The monoisotopic (exact) mass is 914 g/mol. The van der Waals surface area contributed by atoms with E-state index < -0.39 is 72.6 Å². The van der Waals surface area contributed by atoms with Gasteiger partial charge in [-0.2, -0.15) is 10.2 Å². The molecule has 23 heteroatoms. The van der Waals surface area contributed by atoms with Gasteiger partial charge >= 0.3 is 5.69 Å². The molecule has 1 aromatic carbocycles. The van der Waals surface area contributed by atoms with Gasteiger partial charge in [-0.05, 0) is 69.7 Å². The highest BCUT2D eigenvalue weighted by Crippen LogP contribution is 2.39. The summed E-state index contributed by atoms with van der Waals surface area (Å²) in [5, 5.41) is 13.1. The van der Waals surface area contributed by atoms with Crippen molar-refractivity contribution in [1.29, 1.82) is 0 Å². The van der Waals surface area contributed by atoms with E-state index in [1.54, 1.807) is 46.0 Å². The minimum Gasteiger partial charge on any atom is -0.369 e. The number of halogens is 6. The zero-order chi connectivity index (χ0) is 45.9. The zero-order valence-corrected chi connectivity index (χ0v) is 35.6. The molecule has 7 heterocycles. The number of aryl methyl sites for hydroxylation is 1. The van der Waals surface area contributed by atoms with Gasteiger partial charge in [-0.25, -0.2) is 40.6 Å². The number of ether oxygens (including phenoxy) is 1. The third kappa shape index (κ3) is 8.43. The second kappa shape index (κ2) is 17.4. The number of nitrogens with zero attached hydrogens (tertiary/aromatic N) is 10. The summed E-state index contributed by atoms with van der Waals surface area (Å²) in [7, 11) is 3.22. The molecule has 0 bridgehead atoms. The number of imide groups is 1. The van der Waals surface area contributed by atoms with Gasteiger partial charge in [0, 0.05) is 45.5 Å². The van der Waals surface area contributed by atoms with Crippen LogP contribution in [0.1, 0.15) is 79.5 Å². The molecule has 65 heavy (non-hydrogen) atoms. The second-order valence-electron chi connectivity index (χ2n) is 17.4. The zero-order valence-electron chi connectivity index (χ0n) is 35.6. The standard InChI is InChI=1S/C42H48F6N12O5/c1-54(31-12-14-57(22-42(31,47)48)27-4-3-5-28-35(27)55(2)41(64)60(28)29-10-11-33(61)52-40(29)63)19-23-6-8-24(9-7-23)59-20-26(34(53-59)37(45)46)50-39(62)25-18-49-58-15-13-32(51-38(25)58)56-16-17-65-30(21-56)36(43)44/h3-5,13,15,18,20,23-24,29-31,36-37H,6-12,14,16-17,19,21-22H2,1-2H3,(H,50,62)(H,52,61,63)/t23?,24?,29?,30-,31?/m0/s1. The maximum atomic E-state index is 16.2. The van der Waals surface area contributed by atoms with Gasteiger partial charge < -0.3 is 19.9 Å². The van der Waals surface area contributed by atoms with Crippen LogP contribution in [0.4, 0.5) is 43.5 Å². The molecule has 17 nitrogen and oxygen atoms in total. The molecule has 4 aromatic heterocycles. The SMILES string of the molecule is CN(CC1CCC(n2cc(NC(=O)c3cnn4ccc(N5CCO[C@H](C(F)F)C5)nc34)c(C(F)F)n2)CC1)C1CCN(c2cccc3c2n(C)c(=O)n3C2CCC(=O)NC2=O)CC1(F)F. The third-order valence-electron chi connectivity index (χ3n) is 13.3. The Morgan fingerprint density at radius 3 is 2.54 bits per heavy atom. The van der Waals surface area contributed by atoms with E-state index in [1.165, 1.54) is 44.0 Å². The maximum absolute atomic E-state index is 16.2. The lowest BCUT2D eigenvalue weighted by atomic mass is 9.85. The van der Waals surface area contributed by atoms with Crippen LogP contribution in [0, 0.1) is 5.92 Å². The molecule has 4 fully saturated rings. The van der Waals surface area contributed by atoms with Gasteiger partial charge in [-0.1, -0.05) is 6.07 Å². The third-order valence-corrected chi connectivity index (χ3v) is 13.3. The van der Waals surface area contributed by atoms with Gasteiger partial charge in [0.25, 0.3) is 24.7 Å². The van der Waals surface area contributed by atoms with E-state index in [-0.39, 0.29) is 67.8 Å². The fourth-order valence-corrected chi connectivity index (χ4v) is 9.98. The fraction of sp³-hybridized carbons (Fsp3) is 0.548. The molecule has 1 saturated carbocycles. The number of carbonyl (C=O) groups is 3. The summed E-state index contributed by atoms with van der Waals surface area (Å²) >= 11 is 0. The Morgan fingerprint density at radius 2 is 1.82 bits per heavy atom. The normalized spacial score (nSPS) is 24.2. The lowest BCUT2D eigenvalue weighted by Gasteiger charge is -2.44. The van der Waals surface area contributed by atoms with Gasteiger partial charge in [-0.3, -0.25) is 38.4 Å². The van der Waals surface area contributed by atoms with Crippen LogP contribution in [0.15, 0.2) is 47.7 Å². The Morgan fingerprint density at radius 1 is 1.03 bits per heavy atom. The molecule has 3 aliphatic heterocycles. The van der Waals surface area contributed by atoms with E-state index in [0.717, 1.165) is 0 Å². The molecule has 3 saturated heterocycles. The predicted octanol–water partition coefficient (Wildman–Crippen LogP) is 4.79. The molecule has 2 unspecified atom stereocenters. The van der Waals surface area contributed by atoms with E-state index in [2.05, 4.69) is 25.8 Å². The molecule has 3 amide bonds. The number of morpholine rings is 1. The number of hydrogen-bond donors (Lipinski definition) is 2. The Bertz CT molecular complexity index is 2670. The largest absolute Gasteiger partial charge is 0.369 e. The van der Waals surface area contributed by atoms with E-state index in [9.17, 15) is 36.7 Å². The number of alkyl halides is 6. The number of para-hydroxylation sites is 1. The number of amides is 3. The van der Waals surface area contributed by atoms with Crippen molar-refractivity contribution in [2.45, 2.75) is 87.9 Å². The van der Waals surface area contributed by atoms with Gasteiger partial charge in [0.1, 0.15) is 23.5 Å². The first-order valence-electron chi connectivity index (χ1n) is 21.6. The maximum Gasteiger partial charge on any atom is 0.329 e. The van der Waals surface area contributed by atoms with E-state index in [1.807, 2.05) is 0 Å². The number of piperidine rings is 2. The molecule has 0 spiro atoms. The number of nitrogens with one attached hydrogen (secondary N) is 2. The van der Waals surface area contributed by atoms with Crippen LogP contribution in [0.5, 0.6) is 0 Å². The lowest BCUT2D eigenvalue weighted by Crippen LogP contribution is -2.58. The van der Waals surface area contributed by atoms with Crippen LogP contribution in [0.3, 0.4) is 0 Å². The molecular weight excluding hydrogens is 867 g/mol. The minimum absolute atomic E-state index is 0.0228. The van der Waals surface area contributed by atoms with Gasteiger partial charge in [0.15, 0.2) is 11.3 Å². The minimum atomic E-state index is -3.14. The summed E-state index contributed by atoms with van der Waals surface area (Å²) in [4.78, 5) is 60.9. The highest BCUT2D eigenvalue weighted by molar-refractivity contribution is 6.08. The molecule has 4 aliphatic rings. The first kappa shape index (κ1) is 44.2. The van der Waals surface area contributed by atoms with Crippen LogP contribution in [0.25, 0.3) is 16.7 Å². The van der Waals surface area contributed by atoms with Crippen molar-refractivity contribution in [3.05, 3.63) is 64.6 Å². The van der Waals surface area contributed by atoms with Crippen molar-refractivity contribution < 1.29 is 45.5 Å². The highest BCUT2D eigenvalue weighted by atomic mass is 19.3. The highest BCUT2D eigenvalue weighted by Gasteiger charge is 2.47. The first-order valence-corrected chi connectivity index (χ1v) is 21.6. The summed E-state index contributed by atoms with van der Waals surface area (Å²) in [6, 6.07) is 4.35. The van der Waals surface area contributed by atoms with Crippen molar-refractivity contribution in [2.24, 2.45) is 13.0 Å². The summed E-state index contributed by atoms with van der Waals surface area (Å²) in [6.07, 6.45) is -0.172. The van der Waals surface area contributed by atoms with Crippen molar-refractivity contribution in [1.82, 2.24) is 43.7 Å². The molecule has 9 rings (SSSR count). The van der Waals surface area contributed by atoms with Gasteiger partial charge in [-0.15, -0.1) is 0 Å². The number of rotatable bonds is 11. The van der Waals surface area contributed by atoms with Crippen molar-refractivity contribution in [2.75, 3.05) is 61.5 Å². The molecule has 3 atom stereocenters. The van der Waals surface area contributed by atoms with Gasteiger partial charge in [0.05, 0.1) is 60.4 Å². The van der Waals surface area contributed by atoms with Crippen LogP contribution >= 0.6 is 0 Å². The number of fused-ring (bicyclic) bond motifs is 2. The Balaban J connectivity index is 0.824. The van der Waals surface area contributed by atoms with Crippen LogP contribution in [0.2, 0.25) is 0 Å². The van der Waals surface area contributed by atoms with Crippen LogP contribution in [-0.4, -0.2) is 127 Å². The first-order chi connectivity index (χ1) is 31.1. The number of carbonyl (C=O) groups excluding carboxylic acids is 3. The van der Waals surface area contributed by atoms with E-state index >= 15 is 8.78 Å². The lowest BCUT2D eigenvalue weighted by molar-refractivity contribution is -0.135. The Kier molecular flexibility index (Phi) is 11.9. The van der Waals surface area contributed by atoms with E-state index in [0.29, 0.717) is 61.3 Å². The quantitative estimate of drug-likeness (QED) is 0.138. The number of anilines is 3. The number of benzene rings is 1. The molecule has 5 aromatic rings. The van der Waals surface area contributed by atoms with Crippen molar-refractivity contribution in [3.63, 3.8) is 0 Å². The molecule has 1 aliphatic carbocycles. The summed E-state index contributed by atoms with van der Waals surface area (Å²) in [6.45, 7) is 0.330. The van der Waals surface area contributed by atoms with Gasteiger partial charge in [0.2, 0.25) is 11.8 Å². The smallest absolute Gasteiger partial charge is 0.329 e. The van der Waals surface area contributed by atoms with Crippen molar-refractivity contribution in [3.8, 4) is 0 Å². The second-order valence-corrected chi connectivity index (χ2v) is 17.4. The summed E-state index contributed by atoms with van der Waals surface area (Å²) < 4.78 is 98.3. The molecule has 2 N–H and O–H groups in total. The van der Waals surface area contributed by atoms with Crippen molar-refractivity contribution >= 4 is 51.6 Å². The topological polar surface area (TPSA) is 169 Å². The van der Waals surface area contributed by atoms with E-state index in [4.69, 9.17) is 4.74 Å².